The van der Waals surface area contributed by atoms with Crippen LogP contribution in [0.25, 0.3) is 0 Å². The van der Waals surface area contributed by atoms with Gasteiger partial charge in [0.2, 0.25) is 0 Å². The van der Waals surface area contributed by atoms with Crippen LogP contribution in [-0.4, -0.2) is 22.2 Å². The smallest absolute Gasteiger partial charge is 0.293 e. The Kier molecular flexibility index (Phi) is 2.91. The first-order valence-electron chi connectivity index (χ1n) is 7.37. The van der Waals surface area contributed by atoms with E-state index in [2.05, 4.69) is 16.4 Å². The van der Waals surface area contributed by atoms with E-state index in [0.717, 1.165) is 25.0 Å². The molecule has 1 unspecified atom stereocenters. The highest BCUT2D eigenvalue weighted by molar-refractivity contribution is 5.38. The summed E-state index contributed by atoms with van der Waals surface area (Å²) in [5, 5.41) is 3.14. The minimum atomic E-state index is -0.0319. The molecule has 4 rings (SSSR count). The molecule has 2 aromatic rings. The Morgan fingerprint density at radius 2 is 2.19 bits per heavy atom. The molecular formula is C16H17N3O2. The van der Waals surface area contributed by atoms with Crippen molar-refractivity contribution in [3.8, 4) is 5.75 Å². The van der Waals surface area contributed by atoms with Crippen molar-refractivity contribution in [1.82, 2.24) is 9.55 Å². The van der Waals surface area contributed by atoms with Crippen molar-refractivity contribution >= 4 is 5.82 Å². The number of aromatic nitrogens is 2. The second-order valence-electron chi connectivity index (χ2n) is 5.65. The molecule has 5 heteroatoms. The van der Waals surface area contributed by atoms with Gasteiger partial charge in [0.15, 0.2) is 5.82 Å². The van der Waals surface area contributed by atoms with E-state index in [1.54, 1.807) is 17.0 Å². The predicted molar refractivity (Wildman–Crippen MR) is 79.8 cm³/mol. The highest BCUT2D eigenvalue weighted by Crippen LogP contribution is 2.33. The standard InChI is InChI=1S/C16H17N3O2/c20-16-15(17-7-8-19(16)12-5-6-12)18-10-13-9-11-3-1-2-4-14(11)21-13/h1-4,7-8,12-13H,5-6,9-10H2,(H,17,18). The first-order valence-corrected chi connectivity index (χ1v) is 7.37. The third-order valence-corrected chi connectivity index (χ3v) is 4.02. The number of fused-ring (bicyclic) bond motifs is 1. The van der Waals surface area contributed by atoms with Gasteiger partial charge in [-0.3, -0.25) is 4.79 Å². The summed E-state index contributed by atoms with van der Waals surface area (Å²) in [7, 11) is 0. The molecule has 1 fully saturated rings. The zero-order chi connectivity index (χ0) is 14.2. The number of hydrogen-bond donors (Lipinski definition) is 1. The molecule has 1 saturated carbocycles. The summed E-state index contributed by atoms with van der Waals surface area (Å²) in [5.74, 6) is 1.37. The van der Waals surface area contributed by atoms with Crippen LogP contribution in [0.4, 0.5) is 5.82 Å². The number of anilines is 1. The summed E-state index contributed by atoms with van der Waals surface area (Å²) < 4.78 is 7.64. The second-order valence-corrected chi connectivity index (χ2v) is 5.65. The van der Waals surface area contributed by atoms with Crippen molar-refractivity contribution in [2.45, 2.75) is 31.4 Å². The highest BCUT2D eigenvalue weighted by atomic mass is 16.5. The Morgan fingerprint density at radius 1 is 1.33 bits per heavy atom. The van der Waals surface area contributed by atoms with Gasteiger partial charge in [-0.25, -0.2) is 4.98 Å². The molecule has 1 N–H and O–H groups in total. The van der Waals surface area contributed by atoms with Crippen LogP contribution in [0, 0.1) is 0 Å². The Labute approximate surface area is 122 Å². The van der Waals surface area contributed by atoms with Crippen LogP contribution in [0.2, 0.25) is 0 Å². The van der Waals surface area contributed by atoms with Crippen molar-refractivity contribution in [1.29, 1.82) is 0 Å². The number of benzene rings is 1. The maximum absolute atomic E-state index is 12.3. The Balaban J connectivity index is 1.44. The molecule has 1 aliphatic carbocycles. The quantitative estimate of drug-likeness (QED) is 0.932. The van der Waals surface area contributed by atoms with Crippen molar-refractivity contribution in [2.24, 2.45) is 0 Å². The molecule has 108 valence electrons. The third kappa shape index (κ3) is 2.39. The van der Waals surface area contributed by atoms with Gasteiger partial charge in [0, 0.05) is 24.9 Å². The molecule has 2 heterocycles. The number of para-hydroxylation sites is 1. The van der Waals surface area contributed by atoms with Crippen LogP contribution >= 0.6 is 0 Å². The first kappa shape index (κ1) is 12.4. The largest absolute Gasteiger partial charge is 0.488 e. The molecule has 0 amide bonds. The molecule has 0 bridgehead atoms. The van der Waals surface area contributed by atoms with E-state index < -0.39 is 0 Å². The minimum absolute atomic E-state index is 0.0319. The number of hydrogen-bond acceptors (Lipinski definition) is 4. The fourth-order valence-electron chi connectivity index (χ4n) is 2.76. The highest BCUT2D eigenvalue weighted by Gasteiger charge is 2.26. The summed E-state index contributed by atoms with van der Waals surface area (Å²) in [6, 6.07) is 8.42. The van der Waals surface area contributed by atoms with Crippen molar-refractivity contribution in [3.05, 3.63) is 52.6 Å². The van der Waals surface area contributed by atoms with Crippen LogP contribution < -0.4 is 15.6 Å². The van der Waals surface area contributed by atoms with E-state index >= 15 is 0 Å². The van der Waals surface area contributed by atoms with Crippen LogP contribution in [0.5, 0.6) is 5.75 Å². The van der Waals surface area contributed by atoms with Crippen molar-refractivity contribution in [3.63, 3.8) is 0 Å². The van der Waals surface area contributed by atoms with Gasteiger partial charge in [-0.1, -0.05) is 18.2 Å². The molecular weight excluding hydrogens is 266 g/mol. The molecule has 1 aromatic heterocycles. The summed E-state index contributed by atoms with van der Waals surface area (Å²) in [6.45, 7) is 0.589. The van der Waals surface area contributed by atoms with E-state index in [-0.39, 0.29) is 11.7 Å². The Hall–Kier alpha value is -2.30. The van der Waals surface area contributed by atoms with Gasteiger partial charge in [0.05, 0.1) is 6.54 Å². The Morgan fingerprint density at radius 3 is 3.00 bits per heavy atom. The summed E-state index contributed by atoms with van der Waals surface area (Å²) in [6.07, 6.45) is 6.55. The molecule has 1 atom stereocenters. The van der Waals surface area contributed by atoms with E-state index in [4.69, 9.17) is 4.74 Å². The molecule has 5 nitrogen and oxygen atoms in total. The van der Waals surface area contributed by atoms with Gasteiger partial charge in [0.25, 0.3) is 5.56 Å². The normalized spacial score (nSPS) is 19.9. The van der Waals surface area contributed by atoms with E-state index in [9.17, 15) is 4.79 Å². The summed E-state index contributed by atoms with van der Waals surface area (Å²) in [4.78, 5) is 16.4. The second kappa shape index (κ2) is 4.91. The number of rotatable bonds is 4. The number of nitrogens with one attached hydrogen (secondary N) is 1. The lowest BCUT2D eigenvalue weighted by atomic mass is 10.1. The van der Waals surface area contributed by atoms with Crippen molar-refractivity contribution < 1.29 is 4.74 Å². The molecule has 1 aromatic carbocycles. The average Bonchev–Trinajstić information content (AvgIpc) is 3.25. The molecule has 1 aliphatic heterocycles. The molecule has 0 spiro atoms. The summed E-state index contributed by atoms with van der Waals surface area (Å²) in [5.41, 5.74) is 1.19. The fraction of sp³-hybridized carbons (Fsp3) is 0.375. The van der Waals surface area contributed by atoms with E-state index in [1.165, 1.54) is 5.56 Å². The maximum Gasteiger partial charge on any atom is 0.293 e. The van der Waals surface area contributed by atoms with Gasteiger partial charge in [-0.2, -0.15) is 0 Å². The van der Waals surface area contributed by atoms with Gasteiger partial charge >= 0.3 is 0 Å². The van der Waals surface area contributed by atoms with E-state index in [0.29, 0.717) is 18.4 Å². The van der Waals surface area contributed by atoms with E-state index in [1.807, 2.05) is 18.2 Å². The topological polar surface area (TPSA) is 56.1 Å². The SMILES string of the molecule is O=c1c(NCC2Cc3ccccc3O2)nccn1C1CC1. The molecule has 21 heavy (non-hydrogen) atoms. The summed E-state index contributed by atoms with van der Waals surface area (Å²) >= 11 is 0. The first-order chi connectivity index (χ1) is 10.3. The monoisotopic (exact) mass is 283 g/mol. The minimum Gasteiger partial charge on any atom is -0.488 e. The van der Waals surface area contributed by atoms with Gasteiger partial charge in [-0.05, 0) is 24.5 Å². The molecule has 0 radical (unpaired) electrons. The van der Waals surface area contributed by atoms with Gasteiger partial charge in [-0.15, -0.1) is 0 Å². The van der Waals surface area contributed by atoms with Crippen LogP contribution in [0.3, 0.4) is 0 Å². The van der Waals surface area contributed by atoms with Crippen molar-refractivity contribution in [2.75, 3.05) is 11.9 Å². The van der Waals surface area contributed by atoms with Crippen LogP contribution in [-0.2, 0) is 6.42 Å². The fourth-order valence-corrected chi connectivity index (χ4v) is 2.76. The lowest BCUT2D eigenvalue weighted by molar-refractivity contribution is 0.246. The maximum atomic E-state index is 12.3. The zero-order valence-corrected chi connectivity index (χ0v) is 11.7. The lowest BCUT2D eigenvalue weighted by Crippen LogP contribution is -2.29. The average molecular weight is 283 g/mol. The molecule has 2 aliphatic rings. The predicted octanol–water partition coefficient (Wildman–Crippen LogP) is 1.99. The van der Waals surface area contributed by atoms with Crippen LogP contribution in [0.15, 0.2) is 41.5 Å². The van der Waals surface area contributed by atoms with Crippen LogP contribution in [0.1, 0.15) is 24.4 Å². The van der Waals surface area contributed by atoms with Gasteiger partial charge in [0.1, 0.15) is 11.9 Å². The number of ether oxygens (including phenoxy) is 1. The zero-order valence-electron chi connectivity index (χ0n) is 11.7. The lowest BCUT2D eigenvalue weighted by Gasteiger charge is -2.12. The number of nitrogens with zero attached hydrogens (tertiary/aromatic N) is 2. The third-order valence-electron chi connectivity index (χ3n) is 4.02. The van der Waals surface area contributed by atoms with Gasteiger partial charge < -0.3 is 14.6 Å². The molecule has 0 saturated heterocycles. The Bertz CT molecular complexity index is 696.